The molecule has 0 heterocycles. The maximum absolute atomic E-state index is 9.21. The Bertz CT molecular complexity index is 361. The van der Waals surface area contributed by atoms with E-state index >= 15 is 0 Å². The van der Waals surface area contributed by atoms with Crippen LogP contribution in [0.1, 0.15) is 0 Å². The van der Waals surface area contributed by atoms with Gasteiger partial charge in [-0.1, -0.05) is 18.2 Å². The van der Waals surface area contributed by atoms with Crippen LogP contribution < -0.4 is 4.74 Å². The minimum atomic E-state index is -0.707. The summed E-state index contributed by atoms with van der Waals surface area (Å²) in [4.78, 5) is 0. The van der Waals surface area contributed by atoms with Crippen molar-refractivity contribution in [2.75, 3.05) is 59.5 Å². The Morgan fingerprint density at radius 2 is 1.30 bits per heavy atom. The van der Waals surface area contributed by atoms with E-state index in [0.717, 1.165) is 0 Å². The molecule has 7 nitrogen and oxygen atoms in total. The van der Waals surface area contributed by atoms with Crippen molar-refractivity contribution in [3.8, 4) is 5.75 Å². The van der Waals surface area contributed by atoms with Crippen LogP contribution in [0.3, 0.4) is 0 Å². The fourth-order valence-corrected chi connectivity index (χ4v) is 1.62. The third-order valence-electron chi connectivity index (χ3n) is 2.67. The van der Waals surface area contributed by atoms with Crippen LogP contribution in [0.5, 0.6) is 5.75 Å². The van der Waals surface area contributed by atoms with Crippen LogP contribution in [-0.2, 0) is 18.9 Å². The lowest BCUT2D eigenvalue weighted by Crippen LogP contribution is -2.26. The molecule has 1 aromatic rings. The molecule has 0 aliphatic carbocycles. The van der Waals surface area contributed by atoms with Crippen molar-refractivity contribution in [3.63, 3.8) is 0 Å². The average Bonchev–Trinajstić information content (AvgIpc) is 2.59. The minimum Gasteiger partial charge on any atom is -0.462 e. The third kappa shape index (κ3) is 11.0. The molecule has 0 saturated carbocycles. The van der Waals surface area contributed by atoms with Gasteiger partial charge in [-0.2, -0.15) is 0 Å². The first-order chi connectivity index (χ1) is 11.4. The summed E-state index contributed by atoms with van der Waals surface area (Å²) in [7, 11) is 0. The zero-order chi connectivity index (χ0) is 16.6. The highest BCUT2D eigenvalue weighted by atomic mass is 16.7. The lowest BCUT2D eigenvalue weighted by molar-refractivity contribution is -0.119. The number of benzene rings is 1. The molecule has 1 unspecified atom stereocenters. The molecule has 0 amide bonds. The van der Waals surface area contributed by atoms with Crippen molar-refractivity contribution < 1.29 is 33.9 Å². The Kier molecular flexibility index (Phi) is 12.4. The van der Waals surface area contributed by atoms with Gasteiger partial charge in [-0.05, 0) is 12.1 Å². The fraction of sp³-hybridized carbons (Fsp3) is 0.625. The molecule has 132 valence electrons. The van der Waals surface area contributed by atoms with E-state index in [-0.39, 0.29) is 13.2 Å². The first kappa shape index (κ1) is 19.8. The molecular weight excluding hydrogens is 304 g/mol. The molecule has 2 N–H and O–H groups in total. The Hall–Kier alpha value is -1.22. The average molecular weight is 330 g/mol. The summed E-state index contributed by atoms with van der Waals surface area (Å²) in [6.07, 6.45) is -0.707. The Morgan fingerprint density at radius 1 is 0.739 bits per heavy atom. The fourth-order valence-electron chi connectivity index (χ4n) is 1.62. The normalized spacial score (nSPS) is 12.3. The number of para-hydroxylation sites is 1. The number of rotatable bonds is 15. The van der Waals surface area contributed by atoms with Crippen molar-refractivity contribution in [1.29, 1.82) is 0 Å². The maximum atomic E-state index is 9.21. The van der Waals surface area contributed by atoms with E-state index in [1.165, 1.54) is 0 Å². The van der Waals surface area contributed by atoms with E-state index in [0.29, 0.717) is 52.0 Å². The number of aliphatic hydroxyl groups is 2. The monoisotopic (exact) mass is 330 g/mol. The topological polar surface area (TPSA) is 86.6 Å². The second-order valence-corrected chi connectivity index (χ2v) is 4.47. The molecule has 0 bridgehead atoms. The summed E-state index contributed by atoms with van der Waals surface area (Å²) >= 11 is 0. The quantitative estimate of drug-likeness (QED) is 0.356. The van der Waals surface area contributed by atoms with E-state index in [4.69, 9.17) is 28.8 Å². The van der Waals surface area contributed by atoms with Gasteiger partial charge in [-0.15, -0.1) is 0 Å². The standard InChI is InChI=1S/C16H26O7/c17-6-7-19-8-9-20-10-11-21-12-13-22-16(14-18)23-15-4-2-1-3-5-15/h1-5,16-18H,6-14H2. The van der Waals surface area contributed by atoms with Gasteiger partial charge >= 0.3 is 0 Å². The minimum absolute atomic E-state index is 0.0198. The van der Waals surface area contributed by atoms with Gasteiger partial charge in [0.05, 0.1) is 52.9 Å². The van der Waals surface area contributed by atoms with E-state index in [2.05, 4.69) is 0 Å². The summed E-state index contributed by atoms with van der Waals surface area (Å²) in [5, 5.41) is 17.7. The summed E-state index contributed by atoms with van der Waals surface area (Å²) in [5.74, 6) is 0.643. The predicted molar refractivity (Wildman–Crippen MR) is 83.4 cm³/mol. The molecule has 0 saturated heterocycles. The van der Waals surface area contributed by atoms with Crippen LogP contribution in [-0.4, -0.2) is 76.0 Å². The van der Waals surface area contributed by atoms with Crippen LogP contribution in [0.25, 0.3) is 0 Å². The van der Waals surface area contributed by atoms with E-state index in [1.807, 2.05) is 18.2 Å². The molecule has 1 aromatic carbocycles. The van der Waals surface area contributed by atoms with Crippen molar-refractivity contribution in [1.82, 2.24) is 0 Å². The van der Waals surface area contributed by atoms with Gasteiger partial charge in [0.15, 0.2) is 0 Å². The number of hydrogen-bond acceptors (Lipinski definition) is 7. The van der Waals surface area contributed by atoms with Gasteiger partial charge in [0.25, 0.3) is 0 Å². The van der Waals surface area contributed by atoms with E-state index in [1.54, 1.807) is 12.1 Å². The second-order valence-electron chi connectivity index (χ2n) is 4.47. The third-order valence-corrected chi connectivity index (χ3v) is 2.67. The molecule has 23 heavy (non-hydrogen) atoms. The summed E-state index contributed by atoms with van der Waals surface area (Å²) < 4.78 is 26.5. The van der Waals surface area contributed by atoms with Gasteiger partial charge in [0.2, 0.25) is 6.29 Å². The van der Waals surface area contributed by atoms with Crippen molar-refractivity contribution >= 4 is 0 Å². The van der Waals surface area contributed by atoms with Crippen molar-refractivity contribution in [3.05, 3.63) is 30.3 Å². The van der Waals surface area contributed by atoms with Crippen molar-refractivity contribution in [2.45, 2.75) is 6.29 Å². The molecule has 0 spiro atoms. The molecule has 0 radical (unpaired) electrons. The molecule has 0 aliphatic heterocycles. The van der Waals surface area contributed by atoms with Crippen molar-refractivity contribution in [2.24, 2.45) is 0 Å². The molecule has 7 heteroatoms. The molecule has 0 fully saturated rings. The highest BCUT2D eigenvalue weighted by Gasteiger charge is 2.08. The van der Waals surface area contributed by atoms with Crippen LogP contribution in [0, 0.1) is 0 Å². The summed E-state index contributed by atoms with van der Waals surface area (Å²) in [6.45, 7) is 2.66. The first-order valence-corrected chi connectivity index (χ1v) is 7.65. The maximum Gasteiger partial charge on any atom is 0.223 e. The Balaban J connectivity index is 1.93. The van der Waals surface area contributed by atoms with E-state index in [9.17, 15) is 5.11 Å². The SMILES string of the molecule is OCCOCCOCCOCCOC(CO)Oc1ccccc1. The molecule has 1 atom stereocenters. The van der Waals surface area contributed by atoms with Crippen LogP contribution in [0.2, 0.25) is 0 Å². The Labute approximate surface area is 136 Å². The Morgan fingerprint density at radius 3 is 1.87 bits per heavy atom. The zero-order valence-electron chi connectivity index (χ0n) is 13.3. The van der Waals surface area contributed by atoms with Gasteiger partial charge in [0.1, 0.15) is 12.4 Å². The van der Waals surface area contributed by atoms with Gasteiger partial charge < -0.3 is 33.9 Å². The summed E-state index contributed by atoms with van der Waals surface area (Å²) in [6, 6.07) is 9.17. The predicted octanol–water partition coefficient (Wildman–Crippen LogP) is 0.443. The van der Waals surface area contributed by atoms with Gasteiger partial charge in [0, 0.05) is 0 Å². The number of aliphatic hydroxyl groups excluding tert-OH is 2. The first-order valence-electron chi connectivity index (χ1n) is 7.65. The lowest BCUT2D eigenvalue weighted by Gasteiger charge is -2.17. The largest absolute Gasteiger partial charge is 0.462 e. The van der Waals surface area contributed by atoms with Gasteiger partial charge in [-0.25, -0.2) is 0 Å². The van der Waals surface area contributed by atoms with E-state index < -0.39 is 6.29 Å². The van der Waals surface area contributed by atoms with Crippen LogP contribution in [0.15, 0.2) is 30.3 Å². The zero-order valence-corrected chi connectivity index (χ0v) is 13.3. The summed E-state index contributed by atoms with van der Waals surface area (Å²) in [5.41, 5.74) is 0. The highest BCUT2D eigenvalue weighted by Crippen LogP contribution is 2.11. The molecular formula is C16H26O7. The van der Waals surface area contributed by atoms with Crippen LogP contribution >= 0.6 is 0 Å². The van der Waals surface area contributed by atoms with Crippen LogP contribution in [0.4, 0.5) is 0 Å². The molecule has 0 aromatic heterocycles. The van der Waals surface area contributed by atoms with Gasteiger partial charge in [-0.3, -0.25) is 0 Å². The smallest absolute Gasteiger partial charge is 0.223 e. The lowest BCUT2D eigenvalue weighted by atomic mass is 10.3. The molecule has 1 rings (SSSR count). The molecule has 0 aliphatic rings. The second kappa shape index (κ2) is 14.4. The number of ether oxygens (including phenoxy) is 5. The highest BCUT2D eigenvalue weighted by molar-refractivity contribution is 5.20. The number of hydrogen-bond donors (Lipinski definition) is 2.